The molecule has 162 valence electrons. The Bertz CT molecular complexity index is 1260. The lowest BCUT2D eigenvalue weighted by Crippen LogP contribution is -2.28. The van der Waals surface area contributed by atoms with E-state index in [0.717, 1.165) is 21.7 Å². The van der Waals surface area contributed by atoms with Crippen molar-refractivity contribution >= 4 is 34.7 Å². The van der Waals surface area contributed by atoms with E-state index >= 15 is 0 Å². The van der Waals surface area contributed by atoms with Crippen LogP contribution >= 0.6 is 23.1 Å². The fourth-order valence-corrected chi connectivity index (χ4v) is 4.82. The minimum Gasteiger partial charge on any atom is -0.467 e. The van der Waals surface area contributed by atoms with Gasteiger partial charge < -0.3 is 8.83 Å². The molecule has 1 aliphatic rings. The number of rotatable bonds is 6. The molecule has 0 spiro atoms. The van der Waals surface area contributed by atoms with E-state index in [1.807, 2.05) is 54.8 Å². The minimum absolute atomic E-state index is 0.132. The third-order valence-electron chi connectivity index (χ3n) is 5.32. The van der Waals surface area contributed by atoms with Crippen LogP contribution in [0.1, 0.15) is 34.2 Å². The molecule has 32 heavy (non-hydrogen) atoms. The summed E-state index contributed by atoms with van der Waals surface area (Å²) in [7, 11) is 0. The molecule has 4 aromatic rings. The van der Waals surface area contributed by atoms with Gasteiger partial charge in [0.2, 0.25) is 5.89 Å². The van der Waals surface area contributed by atoms with E-state index in [9.17, 15) is 4.79 Å². The van der Waals surface area contributed by atoms with E-state index < -0.39 is 0 Å². The monoisotopic (exact) mass is 464 g/mol. The fraction of sp³-hybridized carbons (Fsp3) is 0.217. The van der Waals surface area contributed by atoms with Crippen LogP contribution in [0.25, 0.3) is 11.5 Å². The van der Waals surface area contributed by atoms with Gasteiger partial charge in [-0.05, 0) is 60.7 Å². The summed E-state index contributed by atoms with van der Waals surface area (Å²) in [5.74, 6) is 1.14. The van der Waals surface area contributed by atoms with Gasteiger partial charge in [0.05, 0.1) is 22.6 Å². The molecule has 1 aromatic carbocycles. The second kappa shape index (κ2) is 8.76. The Balaban J connectivity index is 1.30. The molecule has 0 saturated heterocycles. The first-order valence-electron chi connectivity index (χ1n) is 10.1. The molecule has 1 unspecified atom stereocenters. The van der Waals surface area contributed by atoms with Crippen molar-refractivity contribution in [2.24, 2.45) is 5.10 Å². The number of amides is 1. The molecule has 7 nitrogen and oxygen atoms in total. The van der Waals surface area contributed by atoms with Crippen LogP contribution in [-0.4, -0.2) is 32.6 Å². The second-order valence-corrected chi connectivity index (χ2v) is 9.33. The minimum atomic E-state index is -0.260. The molecule has 0 saturated carbocycles. The zero-order valence-electron chi connectivity index (χ0n) is 17.5. The maximum atomic E-state index is 13.1. The molecule has 0 N–H and O–H groups in total. The van der Waals surface area contributed by atoms with Gasteiger partial charge in [0, 0.05) is 12.0 Å². The van der Waals surface area contributed by atoms with Crippen molar-refractivity contribution in [2.45, 2.75) is 31.5 Å². The van der Waals surface area contributed by atoms with Gasteiger partial charge in [-0.3, -0.25) is 4.79 Å². The molecule has 9 heteroatoms. The number of thiophene rings is 1. The lowest BCUT2D eigenvalue weighted by Gasteiger charge is -2.19. The van der Waals surface area contributed by atoms with Crippen molar-refractivity contribution in [3.63, 3.8) is 0 Å². The maximum absolute atomic E-state index is 13.1. The molecular weight excluding hydrogens is 444 g/mol. The highest BCUT2D eigenvalue weighted by molar-refractivity contribution is 7.99. The number of hydrogen-bond donors (Lipinski definition) is 0. The van der Waals surface area contributed by atoms with Crippen molar-refractivity contribution in [3.8, 4) is 11.5 Å². The molecular formula is C23H20N4O3S2. The van der Waals surface area contributed by atoms with Crippen molar-refractivity contribution < 1.29 is 13.6 Å². The van der Waals surface area contributed by atoms with E-state index in [1.54, 1.807) is 17.6 Å². The van der Waals surface area contributed by atoms with Gasteiger partial charge in [0.15, 0.2) is 0 Å². The SMILES string of the molecule is Cc1ccc(-c2nnc(SCC(=O)N3N=C(c4cccs4)CC3c3ccco3)o2)cc1C. The number of furan rings is 1. The van der Waals surface area contributed by atoms with Crippen molar-refractivity contribution in [3.05, 3.63) is 75.9 Å². The number of aromatic nitrogens is 2. The Kier molecular flexibility index (Phi) is 5.67. The van der Waals surface area contributed by atoms with Gasteiger partial charge in [-0.25, -0.2) is 5.01 Å². The average molecular weight is 465 g/mol. The number of benzene rings is 1. The van der Waals surface area contributed by atoms with E-state index in [1.165, 1.54) is 22.3 Å². The zero-order valence-corrected chi connectivity index (χ0v) is 19.2. The van der Waals surface area contributed by atoms with Crippen LogP contribution in [0.5, 0.6) is 0 Å². The summed E-state index contributed by atoms with van der Waals surface area (Å²) < 4.78 is 11.4. The van der Waals surface area contributed by atoms with E-state index in [4.69, 9.17) is 8.83 Å². The fourth-order valence-electron chi connectivity index (χ4n) is 3.48. The molecule has 0 aliphatic carbocycles. The van der Waals surface area contributed by atoms with Crippen LogP contribution in [0.2, 0.25) is 0 Å². The molecule has 0 fully saturated rings. The summed E-state index contributed by atoms with van der Waals surface area (Å²) in [6.45, 7) is 4.10. The standard InChI is InChI=1S/C23H20N4O3S2/c1-14-7-8-16(11-15(14)2)22-24-25-23(30-22)32-13-21(28)27-18(19-5-3-9-29-19)12-17(26-27)20-6-4-10-31-20/h3-11,18H,12-13H2,1-2H3. The lowest BCUT2D eigenvalue weighted by atomic mass is 10.1. The van der Waals surface area contributed by atoms with Gasteiger partial charge in [-0.2, -0.15) is 5.10 Å². The Hall–Kier alpha value is -3.17. The highest BCUT2D eigenvalue weighted by Gasteiger charge is 2.35. The number of nitrogens with zero attached hydrogens (tertiary/aromatic N) is 4. The maximum Gasteiger partial charge on any atom is 0.277 e. The van der Waals surface area contributed by atoms with Crippen LogP contribution in [0, 0.1) is 13.8 Å². The topological polar surface area (TPSA) is 84.7 Å². The molecule has 1 aliphatic heterocycles. The van der Waals surface area contributed by atoms with E-state index in [0.29, 0.717) is 23.3 Å². The number of carbonyl (C=O) groups is 1. The Morgan fingerprint density at radius 1 is 1.19 bits per heavy atom. The normalized spacial score (nSPS) is 15.9. The first-order valence-corrected chi connectivity index (χ1v) is 12.0. The van der Waals surface area contributed by atoms with Crippen LogP contribution in [0.4, 0.5) is 0 Å². The zero-order chi connectivity index (χ0) is 22.1. The van der Waals surface area contributed by atoms with Crippen LogP contribution in [-0.2, 0) is 4.79 Å². The second-order valence-electron chi connectivity index (χ2n) is 7.46. The van der Waals surface area contributed by atoms with Gasteiger partial charge in [0.25, 0.3) is 11.1 Å². The van der Waals surface area contributed by atoms with Crippen molar-refractivity contribution in [1.82, 2.24) is 15.2 Å². The third kappa shape index (κ3) is 4.13. The number of hydrazone groups is 1. The Morgan fingerprint density at radius 2 is 2.09 bits per heavy atom. The summed E-state index contributed by atoms with van der Waals surface area (Å²) in [4.78, 5) is 14.1. The first kappa shape index (κ1) is 20.7. The summed E-state index contributed by atoms with van der Waals surface area (Å²) in [5.41, 5.74) is 4.10. The number of carbonyl (C=O) groups excluding carboxylic acids is 1. The predicted molar refractivity (Wildman–Crippen MR) is 124 cm³/mol. The summed E-state index contributed by atoms with van der Waals surface area (Å²) in [5, 5.41) is 16.7. The van der Waals surface area contributed by atoms with Gasteiger partial charge >= 0.3 is 0 Å². The number of thioether (sulfide) groups is 1. The van der Waals surface area contributed by atoms with Gasteiger partial charge in [-0.1, -0.05) is 23.9 Å². The van der Waals surface area contributed by atoms with E-state index in [2.05, 4.69) is 22.2 Å². The molecule has 5 rings (SSSR count). The predicted octanol–water partition coefficient (Wildman–Crippen LogP) is 5.48. The van der Waals surface area contributed by atoms with E-state index in [-0.39, 0.29) is 17.7 Å². The quantitative estimate of drug-likeness (QED) is 0.351. The van der Waals surface area contributed by atoms with Crippen LogP contribution in [0.15, 0.2) is 73.3 Å². The van der Waals surface area contributed by atoms with Crippen molar-refractivity contribution in [1.29, 1.82) is 0 Å². The average Bonchev–Trinajstić information content (AvgIpc) is 3.60. The highest BCUT2D eigenvalue weighted by Crippen LogP contribution is 2.35. The molecule has 1 atom stereocenters. The van der Waals surface area contributed by atoms with Gasteiger partial charge in [0.1, 0.15) is 11.8 Å². The summed E-state index contributed by atoms with van der Waals surface area (Å²) in [6, 6.07) is 13.4. The number of hydrogen-bond acceptors (Lipinski definition) is 8. The Labute approximate surface area is 193 Å². The van der Waals surface area contributed by atoms with Crippen molar-refractivity contribution in [2.75, 3.05) is 5.75 Å². The first-order chi connectivity index (χ1) is 15.6. The molecule has 0 bridgehead atoms. The molecule has 0 radical (unpaired) electrons. The molecule has 3 aromatic heterocycles. The number of aryl methyl sites for hydroxylation is 2. The smallest absolute Gasteiger partial charge is 0.277 e. The third-order valence-corrected chi connectivity index (χ3v) is 7.04. The largest absolute Gasteiger partial charge is 0.467 e. The van der Waals surface area contributed by atoms with Gasteiger partial charge in [-0.15, -0.1) is 21.5 Å². The van der Waals surface area contributed by atoms with Crippen LogP contribution in [0.3, 0.4) is 0 Å². The summed E-state index contributed by atoms with van der Waals surface area (Å²) in [6.07, 6.45) is 2.23. The Morgan fingerprint density at radius 3 is 2.84 bits per heavy atom. The highest BCUT2D eigenvalue weighted by atomic mass is 32.2. The summed E-state index contributed by atoms with van der Waals surface area (Å²) >= 11 is 2.82. The molecule has 4 heterocycles. The lowest BCUT2D eigenvalue weighted by molar-refractivity contribution is -0.130. The molecule has 1 amide bonds. The van der Waals surface area contributed by atoms with Crippen LogP contribution < -0.4 is 0 Å².